The summed E-state index contributed by atoms with van der Waals surface area (Å²) in [6.45, 7) is 2.91. The zero-order valence-electron chi connectivity index (χ0n) is 14.2. The van der Waals surface area contributed by atoms with Crippen molar-refractivity contribution in [3.63, 3.8) is 0 Å². The third-order valence-electron chi connectivity index (χ3n) is 4.84. The molecule has 0 radical (unpaired) electrons. The van der Waals surface area contributed by atoms with E-state index in [1.54, 1.807) is 11.3 Å². The summed E-state index contributed by atoms with van der Waals surface area (Å²) in [6, 6.07) is 10.3. The zero-order chi connectivity index (χ0) is 17.3. The van der Waals surface area contributed by atoms with Crippen molar-refractivity contribution in [2.75, 3.05) is 26.7 Å². The molecule has 0 amide bonds. The number of amidine groups is 1. The molecule has 1 aromatic carbocycles. The minimum Gasteiger partial charge on any atom is -0.454 e. The molecule has 1 spiro atoms. The topological polar surface area (TPSA) is 61.2 Å². The normalized spacial score (nSPS) is 28.6. The van der Waals surface area contributed by atoms with E-state index in [4.69, 9.17) is 4.74 Å². The monoisotopic (exact) mass is 358 g/mol. The van der Waals surface area contributed by atoms with Crippen LogP contribution in [0.25, 0.3) is 0 Å². The number of aliphatic imine (C=N–C) groups is 1. The number of benzene rings is 1. The van der Waals surface area contributed by atoms with Crippen LogP contribution in [0.3, 0.4) is 0 Å². The highest BCUT2D eigenvalue weighted by molar-refractivity contribution is 7.09. The average Bonchev–Trinajstić information content (AvgIpc) is 3.22. The minimum absolute atomic E-state index is 0.549. The molecule has 2 atom stereocenters. The van der Waals surface area contributed by atoms with Crippen LogP contribution in [0.4, 0.5) is 5.69 Å². The van der Waals surface area contributed by atoms with Crippen LogP contribution < -0.4 is 0 Å². The predicted molar refractivity (Wildman–Crippen MR) is 98.0 cm³/mol. The smallest absolute Gasteiger partial charge is 0.293 e. The molecule has 0 aliphatic carbocycles. The van der Waals surface area contributed by atoms with Gasteiger partial charge in [-0.3, -0.25) is 4.90 Å². The molecule has 6 nitrogen and oxygen atoms in total. The zero-order valence-corrected chi connectivity index (χ0v) is 15.0. The van der Waals surface area contributed by atoms with Crippen LogP contribution in [0.2, 0.25) is 0 Å². The summed E-state index contributed by atoms with van der Waals surface area (Å²) in [5.41, 5.74) is 0.291. The molecule has 2 aliphatic heterocycles. The van der Waals surface area contributed by atoms with Crippen LogP contribution >= 0.6 is 11.3 Å². The highest BCUT2D eigenvalue weighted by Crippen LogP contribution is 2.34. The van der Waals surface area contributed by atoms with Gasteiger partial charge in [0.25, 0.3) is 6.02 Å². The lowest BCUT2D eigenvalue weighted by Gasteiger charge is -2.41. The third kappa shape index (κ3) is 3.40. The predicted octanol–water partition coefficient (Wildman–Crippen LogP) is 2.10. The number of para-hydroxylation sites is 1. The molecule has 4 rings (SSSR count). The molecule has 2 aromatic rings. The quantitative estimate of drug-likeness (QED) is 0.910. The summed E-state index contributed by atoms with van der Waals surface area (Å²) in [4.78, 5) is 13.2. The van der Waals surface area contributed by atoms with Crippen molar-refractivity contribution in [2.24, 2.45) is 4.99 Å². The van der Waals surface area contributed by atoms with E-state index in [0.29, 0.717) is 19.1 Å². The number of hydrogen-bond acceptors (Lipinski definition) is 6. The van der Waals surface area contributed by atoms with E-state index in [0.717, 1.165) is 30.2 Å². The molecule has 3 heterocycles. The fraction of sp³-hybridized carbons (Fsp3) is 0.444. The van der Waals surface area contributed by atoms with Crippen LogP contribution in [0.5, 0.6) is 0 Å². The fourth-order valence-electron chi connectivity index (χ4n) is 3.47. The van der Waals surface area contributed by atoms with Crippen LogP contribution in [-0.2, 0) is 11.3 Å². The lowest BCUT2D eigenvalue weighted by molar-refractivity contribution is -0.0932. The van der Waals surface area contributed by atoms with Crippen LogP contribution in [0.15, 0.2) is 46.9 Å². The number of rotatable bonds is 3. The first-order valence-electron chi connectivity index (χ1n) is 8.47. The van der Waals surface area contributed by atoms with E-state index in [1.807, 2.05) is 53.9 Å². The number of ether oxygens (including phenoxy) is 1. The van der Waals surface area contributed by atoms with Gasteiger partial charge in [0.15, 0.2) is 5.60 Å². The number of aliphatic hydroxyl groups is 1. The number of β-amino-alcohol motifs (C(OH)–C–C–N with tert-alkyl or cyclic N) is 1. The van der Waals surface area contributed by atoms with Crippen molar-refractivity contribution < 1.29 is 9.84 Å². The highest BCUT2D eigenvalue weighted by atomic mass is 32.1. The maximum atomic E-state index is 10.8. The van der Waals surface area contributed by atoms with E-state index in [1.165, 1.54) is 0 Å². The Hall–Kier alpha value is -1.96. The highest BCUT2D eigenvalue weighted by Gasteiger charge is 2.50. The molecule has 132 valence electrons. The van der Waals surface area contributed by atoms with Crippen LogP contribution in [-0.4, -0.2) is 64.3 Å². The summed E-state index contributed by atoms with van der Waals surface area (Å²) in [5, 5.41) is 13.9. The van der Waals surface area contributed by atoms with Crippen molar-refractivity contribution in [1.29, 1.82) is 0 Å². The number of nitrogens with zero attached hydrogens (tertiary/aromatic N) is 4. The molecule has 2 aliphatic rings. The molecular formula is C18H22N4O2S. The van der Waals surface area contributed by atoms with Gasteiger partial charge < -0.3 is 14.7 Å². The number of likely N-dealkylation sites (N-methyl/N-ethyl adjacent to an activating group) is 1. The second-order valence-electron chi connectivity index (χ2n) is 6.68. The van der Waals surface area contributed by atoms with Crippen molar-refractivity contribution in [3.8, 4) is 0 Å². The van der Waals surface area contributed by atoms with Gasteiger partial charge in [-0.15, -0.1) is 11.3 Å². The summed E-state index contributed by atoms with van der Waals surface area (Å²) >= 11 is 1.65. The fourth-order valence-corrected chi connectivity index (χ4v) is 4.13. The summed E-state index contributed by atoms with van der Waals surface area (Å²) in [6.07, 6.45) is 2.05. The van der Waals surface area contributed by atoms with Gasteiger partial charge in [0, 0.05) is 38.1 Å². The Labute approximate surface area is 151 Å². The lowest BCUT2D eigenvalue weighted by Crippen LogP contribution is -2.57. The van der Waals surface area contributed by atoms with Crippen molar-refractivity contribution in [2.45, 2.75) is 24.7 Å². The molecule has 1 aromatic heterocycles. The number of thiazole rings is 1. The SMILES string of the molecule is CN1C[C@@]2(CCN(Cc3nccs3)C[C@@H]2O)OC1=Nc1ccccc1. The molecule has 0 bridgehead atoms. The number of hydrogen-bond donors (Lipinski definition) is 1. The van der Waals surface area contributed by atoms with Gasteiger partial charge in [0.05, 0.1) is 18.8 Å². The van der Waals surface area contributed by atoms with Gasteiger partial charge in [-0.2, -0.15) is 4.99 Å². The first-order valence-corrected chi connectivity index (χ1v) is 9.35. The van der Waals surface area contributed by atoms with Gasteiger partial charge in [-0.1, -0.05) is 18.2 Å². The van der Waals surface area contributed by atoms with E-state index < -0.39 is 11.7 Å². The van der Waals surface area contributed by atoms with E-state index >= 15 is 0 Å². The van der Waals surface area contributed by atoms with Crippen LogP contribution in [0, 0.1) is 0 Å². The Bertz CT molecular complexity index is 737. The average molecular weight is 358 g/mol. The Balaban J connectivity index is 1.45. The molecule has 25 heavy (non-hydrogen) atoms. The maximum absolute atomic E-state index is 10.8. The molecule has 0 unspecified atom stereocenters. The number of piperidine rings is 1. The molecule has 1 N–H and O–H groups in total. The Morgan fingerprint density at radius 1 is 1.40 bits per heavy atom. The summed E-state index contributed by atoms with van der Waals surface area (Å²) in [7, 11) is 1.96. The number of likely N-dealkylation sites (tertiary alicyclic amines) is 1. The standard InChI is InChI=1S/C18H22N4O2S/c1-21-13-18(24-17(21)20-14-5-3-2-4-6-14)7-9-22(11-15(18)23)12-16-19-8-10-25-16/h2-6,8,10,15,23H,7,9,11-13H2,1H3/t15-,18+/m0/s1. The molecule has 7 heteroatoms. The first kappa shape index (κ1) is 16.5. The molecule has 0 saturated carbocycles. The minimum atomic E-state index is -0.568. The van der Waals surface area contributed by atoms with Gasteiger partial charge >= 0.3 is 0 Å². The Morgan fingerprint density at radius 2 is 2.24 bits per heavy atom. The summed E-state index contributed by atoms with van der Waals surface area (Å²) < 4.78 is 6.19. The molecular weight excluding hydrogens is 336 g/mol. The molecule has 2 fully saturated rings. The van der Waals surface area contributed by atoms with E-state index in [9.17, 15) is 5.11 Å². The summed E-state index contributed by atoms with van der Waals surface area (Å²) in [5.74, 6) is 0. The Kier molecular flexibility index (Phi) is 4.45. The number of aromatic nitrogens is 1. The van der Waals surface area contributed by atoms with Gasteiger partial charge in [-0.25, -0.2) is 4.98 Å². The van der Waals surface area contributed by atoms with Gasteiger partial charge in [0.1, 0.15) is 11.1 Å². The van der Waals surface area contributed by atoms with Crippen molar-refractivity contribution in [1.82, 2.24) is 14.8 Å². The Morgan fingerprint density at radius 3 is 2.96 bits per heavy atom. The van der Waals surface area contributed by atoms with Gasteiger partial charge in [-0.05, 0) is 12.1 Å². The van der Waals surface area contributed by atoms with E-state index in [-0.39, 0.29) is 0 Å². The second kappa shape index (κ2) is 6.74. The van der Waals surface area contributed by atoms with Crippen molar-refractivity contribution in [3.05, 3.63) is 46.9 Å². The first-order chi connectivity index (χ1) is 12.1. The molecule has 2 saturated heterocycles. The lowest BCUT2D eigenvalue weighted by atomic mass is 9.88. The maximum Gasteiger partial charge on any atom is 0.293 e. The van der Waals surface area contributed by atoms with Crippen molar-refractivity contribution >= 4 is 23.0 Å². The number of aliphatic hydroxyl groups excluding tert-OH is 1. The largest absolute Gasteiger partial charge is 0.454 e. The second-order valence-corrected chi connectivity index (χ2v) is 7.66. The van der Waals surface area contributed by atoms with E-state index in [2.05, 4.69) is 14.9 Å². The van der Waals surface area contributed by atoms with Gasteiger partial charge in [0.2, 0.25) is 0 Å². The van der Waals surface area contributed by atoms with Crippen LogP contribution in [0.1, 0.15) is 11.4 Å². The third-order valence-corrected chi connectivity index (χ3v) is 5.60.